The molecule has 2 unspecified atom stereocenters. The van der Waals surface area contributed by atoms with Crippen LogP contribution in [0.15, 0.2) is 192 Å². The summed E-state index contributed by atoms with van der Waals surface area (Å²) in [7, 11) is 0. The van der Waals surface area contributed by atoms with Gasteiger partial charge < -0.3 is 0 Å². The molecular formula is C64H52N2S. The van der Waals surface area contributed by atoms with Gasteiger partial charge in [-0.15, -0.1) is 11.3 Å². The molecule has 0 amide bonds. The number of aliphatic imine (C=N–C) groups is 2. The molecule has 2 saturated carbocycles. The molecule has 2 nitrogen and oxygen atoms in total. The highest BCUT2D eigenvalue weighted by molar-refractivity contribution is 7.26. The highest BCUT2D eigenvalue weighted by atomic mass is 32.1. The summed E-state index contributed by atoms with van der Waals surface area (Å²) >= 11 is 1.90. The highest BCUT2D eigenvalue weighted by Crippen LogP contribution is 2.62. The van der Waals surface area contributed by atoms with Gasteiger partial charge in [0.15, 0.2) is 0 Å². The maximum atomic E-state index is 5.76. The lowest BCUT2D eigenvalue weighted by Crippen LogP contribution is -2.29. The van der Waals surface area contributed by atoms with Gasteiger partial charge in [0.2, 0.25) is 0 Å². The van der Waals surface area contributed by atoms with Gasteiger partial charge >= 0.3 is 0 Å². The SMILES string of the molecule is c1ccc(C2=NC(c3ccccc3)C(c3cccc4c3sc3ccc(-c5ccc6c(c5)-c5cc7c(cc5C65CCCCC5)-c5ccccc5C75CCCCC5)cc34)N=C2c2ccccc2)cc1. The Labute approximate surface area is 397 Å². The summed E-state index contributed by atoms with van der Waals surface area (Å²) in [5, 5.41) is 2.60. The second-order valence-corrected chi connectivity index (χ2v) is 21.1. The van der Waals surface area contributed by atoms with Crippen molar-refractivity contribution in [3.63, 3.8) is 0 Å². The van der Waals surface area contributed by atoms with Gasteiger partial charge in [-0.05, 0) is 123 Å². The Morgan fingerprint density at radius 3 is 1.58 bits per heavy atom. The Hall–Kier alpha value is -6.68. The predicted octanol–water partition coefficient (Wildman–Crippen LogP) is 17.0. The van der Waals surface area contributed by atoms with E-state index in [2.05, 4.69) is 182 Å². The predicted molar refractivity (Wildman–Crippen MR) is 281 cm³/mol. The zero-order chi connectivity index (χ0) is 44.1. The smallest absolute Gasteiger partial charge is 0.104 e. The number of benzene rings is 8. The van der Waals surface area contributed by atoms with Crippen molar-refractivity contribution in [2.24, 2.45) is 9.98 Å². The zero-order valence-corrected chi connectivity index (χ0v) is 38.7. The molecule has 2 fully saturated rings. The number of hydrogen-bond acceptors (Lipinski definition) is 3. The standard InChI is InChI=1S/C64H52N2S/c1-6-19-41(20-7-1)58-59(42-21-8-2-9-22-42)66-61(60(65-58)43-23-10-3-11-24-43)48-27-18-26-47-52-38-45(30-32-57(52)67-62(47)48)44-29-31-54-49(37-44)51-40-55-50(39-56(51)64(54)35-16-5-17-36-64)46-25-12-13-28-53(46)63(55)33-14-4-15-34-63/h1-3,6-13,18-32,37-40,60-61H,4-5,14-17,33-36H2. The number of rotatable bonds is 5. The fourth-order valence-electron chi connectivity index (χ4n) is 13.6. The Bertz CT molecular complexity index is 3470. The lowest BCUT2D eigenvalue weighted by molar-refractivity contribution is 0.350. The van der Waals surface area contributed by atoms with Gasteiger partial charge in [0, 0.05) is 42.1 Å². The van der Waals surface area contributed by atoms with Crippen molar-refractivity contribution in [3.05, 3.63) is 226 Å². The van der Waals surface area contributed by atoms with Gasteiger partial charge in [0.25, 0.3) is 0 Å². The highest BCUT2D eigenvalue weighted by Gasteiger charge is 2.49. The first kappa shape index (κ1) is 39.5. The van der Waals surface area contributed by atoms with E-state index >= 15 is 0 Å². The molecule has 2 atom stereocenters. The van der Waals surface area contributed by atoms with Crippen molar-refractivity contribution in [1.82, 2.24) is 0 Å². The summed E-state index contributed by atoms with van der Waals surface area (Å²) < 4.78 is 2.60. The van der Waals surface area contributed by atoms with Crippen LogP contribution >= 0.6 is 11.3 Å². The van der Waals surface area contributed by atoms with Crippen molar-refractivity contribution in [2.75, 3.05) is 0 Å². The molecule has 1 aliphatic heterocycles. The van der Waals surface area contributed by atoms with Crippen molar-refractivity contribution in [3.8, 4) is 33.4 Å². The molecule has 5 aliphatic rings. The molecule has 2 heterocycles. The molecule has 0 saturated heterocycles. The van der Waals surface area contributed by atoms with Gasteiger partial charge in [-0.2, -0.15) is 0 Å². The zero-order valence-electron chi connectivity index (χ0n) is 37.8. The maximum absolute atomic E-state index is 5.76. The fourth-order valence-corrected chi connectivity index (χ4v) is 14.8. The van der Waals surface area contributed by atoms with Crippen LogP contribution in [0.3, 0.4) is 0 Å². The summed E-state index contributed by atoms with van der Waals surface area (Å²) in [6.07, 6.45) is 12.9. The van der Waals surface area contributed by atoms with E-state index in [9.17, 15) is 0 Å². The molecule has 9 aromatic rings. The van der Waals surface area contributed by atoms with Crippen LogP contribution in [0.25, 0.3) is 53.6 Å². The molecule has 0 bridgehead atoms. The van der Waals surface area contributed by atoms with E-state index in [-0.39, 0.29) is 22.9 Å². The van der Waals surface area contributed by atoms with Crippen LogP contribution in [0.2, 0.25) is 0 Å². The molecule has 3 heteroatoms. The Balaban J connectivity index is 0.904. The third-order valence-corrected chi connectivity index (χ3v) is 17.9. The van der Waals surface area contributed by atoms with Gasteiger partial charge in [-0.25, -0.2) is 0 Å². The normalized spacial score (nSPS) is 19.8. The second-order valence-electron chi connectivity index (χ2n) is 20.1. The van der Waals surface area contributed by atoms with Gasteiger partial charge in [-0.3, -0.25) is 9.98 Å². The number of hydrogen-bond donors (Lipinski definition) is 0. The summed E-state index contributed by atoms with van der Waals surface area (Å²) in [5.41, 5.74) is 21.7. The van der Waals surface area contributed by atoms with E-state index in [1.165, 1.54) is 129 Å². The molecule has 0 radical (unpaired) electrons. The van der Waals surface area contributed by atoms with Crippen molar-refractivity contribution in [2.45, 2.75) is 87.1 Å². The molecule has 324 valence electrons. The monoisotopic (exact) mass is 880 g/mol. The quantitative estimate of drug-likeness (QED) is 0.165. The van der Waals surface area contributed by atoms with Crippen LogP contribution in [0.5, 0.6) is 0 Å². The van der Waals surface area contributed by atoms with Gasteiger partial charge in [0.1, 0.15) is 12.1 Å². The lowest BCUT2D eigenvalue weighted by Gasteiger charge is -2.37. The largest absolute Gasteiger partial charge is 0.272 e. The Kier molecular flexibility index (Phi) is 9.10. The van der Waals surface area contributed by atoms with Crippen molar-refractivity contribution in [1.29, 1.82) is 0 Å². The molecule has 8 aromatic carbocycles. The van der Waals surface area contributed by atoms with Crippen LogP contribution < -0.4 is 0 Å². The van der Waals surface area contributed by atoms with E-state index in [1.807, 2.05) is 11.3 Å². The van der Waals surface area contributed by atoms with Gasteiger partial charge in [0.05, 0.1) is 11.4 Å². The van der Waals surface area contributed by atoms with E-state index in [0.29, 0.717) is 0 Å². The molecular weight excluding hydrogens is 829 g/mol. The third kappa shape index (κ3) is 5.99. The number of nitrogens with zero attached hydrogens (tertiary/aromatic N) is 2. The topological polar surface area (TPSA) is 24.7 Å². The third-order valence-electron chi connectivity index (χ3n) is 16.6. The number of thiophene rings is 1. The summed E-state index contributed by atoms with van der Waals surface area (Å²) in [6, 6.07) is 68.2. The number of fused-ring (bicyclic) bond motifs is 13. The van der Waals surface area contributed by atoms with Crippen molar-refractivity contribution >= 4 is 42.9 Å². The minimum Gasteiger partial charge on any atom is -0.272 e. The van der Waals surface area contributed by atoms with Crippen LogP contribution in [0.1, 0.15) is 121 Å². The fraction of sp³-hybridized carbons (Fsp3) is 0.219. The maximum Gasteiger partial charge on any atom is 0.104 e. The lowest BCUT2D eigenvalue weighted by atomic mass is 9.66. The van der Waals surface area contributed by atoms with E-state index in [1.54, 1.807) is 22.3 Å². The van der Waals surface area contributed by atoms with Gasteiger partial charge in [-0.1, -0.05) is 190 Å². The Morgan fingerprint density at radius 1 is 0.373 bits per heavy atom. The summed E-state index contributed by atoms with van der Waals surface area (Å²) in [6.45, 7) is 0. The first-order valence-electron chi connectivity index (χ1n) is 24.9. The van der Waals surface area contributed by atoms with Crippen molar-refractivity contribution < 1.29 is 0 Å². The first-order chi connectivity index (χ1) is 33.2. The van der Waals surface area contributed by atoms with E-state index < -0.39 is 0 Å². The summed E-state index contributed by atoms with van der Waals surface area (Å²) in [4.78, 5) is 11.4. The van der Waals surface area contributed by atoms with Crippen LogP contribution in [0, 0.1) is 0 Å². The van der Waals surface area contributed by atoms with Crippen LogP contribution in [0.4, 0.5) is 0 Å². The van der Waals surface area contributed by atoms with Crippen LogP contribution in [-0.4, -0.2) is 11.4 Å². The molecule has 0 N–H and O–H groups in total. The first-order valence-corrected chi connectivity index (χ1v) is 25.7. The average molecular weight is 881 g/mol. The minimum absolute atomic E-state index is 0.100. The van der Waals surface area contributed by atoms with E-state index in [0.717, 1.165) is 22.6 Å². The second kappa shape index (κ2) is 15.4. The molecule has 2 spiro atoms. The molecule has 14 rings (SSSR count). The van der Waals surface area contributed by atoms with Crippen LogP contribution in [-0.2, 0) is 10.8 Å². The molecule has 67 heavy (non-hydrogen) atoms. The minimum atomic E-state index is -0.202. The summed E-state index contributed by atoms with van der Waals surface area (Å²) in [5.74, 6) is 0. The molecule has 1 aromatic heterocycles. The molecule has 4 aliphatic carbocycles. The average Bonchev–Trinajstić information content (AvgIpc) is 4.00. The Morgan fingerprint density at radius 2 is 0.910 bits per heavy atom. The van der Waals surface area contributed by atoms with E-state index in [4.69, 9.17) is 9.98 Å².